The first-order chi connectivity index (χ1) is 9.93. The van der Waals surface area contributed by atoms with Crippen LogP contribution in [-0.4, -0.2) is 32.6 Å². The molecule has 126 valence electrons. The van der Waals surface area contributed by atoms with Crippen LogP contribution in [0.5, 0.6) is 0 Å². The van der Waals surface area contributed by atoms with Crippen molar-refractivity contribution in [2.75, 3.05) is 0 Å². The monoisotopic (exact) mass is 322 g/mol. The van der Waals surface area contributed by atoms with E-state index >= 15 is 0 Å². The number of halogens is 3. The molecule has 0 aromatic carbocycles. The molecule has 1 heterocycles. The minimum Gasteiger partial charge on any atom is -0.444 e. The number of nitrogens with one attached hydrogen (secondary N) is 1. The Hall–Kier alpha value is -1.80. The number of hydrogen-bond donors (Lipinski definition) is 1. The summed E-state index contributed by atoms with van der Waals surface area (Å²) in [5.74, 6) is 0.0791. The fourth-order valence-electron chi connectivity index (χ4n) is 1.87. The quantitative estimate of drug-likeness (QED) is 0.925. The lowest BCUT2D eigenvalue weighted by Gasteiger charge is -2.22. The highest BCUT2D eigenvalue weighted by Gasteiger charge is 2.32. The number of amides is 1. The van der Waals surface area contributed by atoms with Crippen LogP contribution in [-0.2, 0) is 17.7 Å². The van der Waals surface area contributed by atoms with Gasteiger partial charge in [-0.05, 0) is 34.6 Å². The number of aromatic nitrogens is 3. The summed E-state index contributed by atoms with van der Waals surface area (Å²) < 4.78 is 43.9. The third kappa shape index (κ3) is 5.53. The second-order valence-corrected chi connectivity index (χ2v) is 5.88. The van der Waals surface area contributed by atoms with Gasteiger partial charge in [-0.1, -0.05) is 0 Å². The molecule has 22 heavy (non-hydrogen) atoms. The van der Waals surface area contributed by atoms with Gasteiger partial charge in [-0.2, -0.15) is 13.2 Å². The van der Waals surface area contributed by atoms with Crippen LogP contribution in [0.3, 0.4) is 0 Å². The normalized spacial score (nSPS) is 13.8. The van der Waals surface area contributed by atoms with E-state index in [9.17, 15) is 18.0 Å². The first-order valence-electron chi connectivity index (χ1n) is 6.91. The molecule has 1 amide bonds. The maximum atomic E-state index is 12.5. The highest BCUT2D eigenvalue weighted by molar-refractivity contribution is 5.68. The van der Waals surface area contributed by atoms with E-state index in [4.69, 9.17) is 4.74 Å². The Labute approximate surface area is 127 Å². The highest BCUT2D eigenvalue weighted by Crippen LogP contribution is 2.22. The van der Waals surface area contributed by atoms with Crippen LogP contribution in [0.1, 0.15) is 52.3 Å². The van der Waals surface area contributed by atoms with E-state index in [1.165, 1.54) is 4.57 Å². The van der Waals surface area contributed by atoms with Crippen LogP contribution in [0.4, 0.5) is 18.0 Å². The molecule has 1 rings (SSSR count). The Morgan fingerprint density at radius 1 is 1.32 bits per heavy atom. The molecule has 9 heteroatoms. The lowest BCUT2D eigenvalue weighted by Crippen LogP contribution is -2.35. The van der Waals surface area contributed by atoms with Gasteiger partial charge in [0.15, 0.2) is 5.82 Å². The average molecular weight is 322 g/mol. The summed E-state index contributed by atoms with van der Waals surface area (Å²) in [7, 11) is 0. The lowest BCUT2D eigenvalue weighted by molar-refractivity contribution is -0.129. The van der Waals surface area contributed by atoms with Gasteiger partial charge in [0.05, 0.1) is 6.04 Å². The van der Waals surface area contributed by atoms with Gasteiger partial charge in [-0.25, -0.2) is 4.79 Å². The number of rotatable bonds is 4. The topological polar surface area (TPSA) is 69.0 Å². The van der Waals surface area contributed by atoms with Crippen molar-refractivity contribution in [2.24, 2.45) is 0 Å². The zero-order valence-electron chi connectivity index (χ0n) is 13.3. The largest absolute Gasteiger partial charge is 0.444 e. The van der Waals surface area contributed by atoms with E-state index in [1.807, 2.05) is 0 Å². The molecule has 1 aromatic rings. The van der Waals surface area contributed by atoms with Gasteiger partial charge in [0.25, 0.3) is 0 Å². The fraction of sp³-hybridized carbons (Fsp3) is 0.769. The Balaban J connectivity index is 2.86. The summed E-state index contributed by atoms with van der Waals surface area (Å²) in [5.41, 5.74) is -0.663. The molecule has 0 radical (unpaired) electrons. The molecule has 0 saturated carbocycles. The van der Waals surface area contributed by atoms with Gasteiger partial charge in [0.2, 0.25) is 0 Å². The number of carbonyl (C=O) groups is 1. The third-order valence-electron chi connectivity index (χ3n) is 2.65. The number of carbonyl (C=O) groups excluding carboxylic acids is 1. The first kappa shape index (κ1) is 18.2. The van der Waals surface area contributed by atoms with Gasteiger partial charge in [-0.15, -0.1) is 10.2 Å². The Morgan fingerprint density at radius 2 is 1.91 bits per heavy atom. The molecule has 0 fully saturated rings. The molecular weight excluding hydrogens is 301 g/mol. The maximum Gasteiger partial charge on any atom is 0.408 e. The highest BCUT2D eigenvalue weighted by atomic mass is 19.4. The van der Waals surface area contributed by atoms with Crippen LogP contribution in [0, 0.1) is 0 Å². The SMILES string of the molecule is CCn1c(CC(F)(F)F)nnc1[C@@H](C)NC(=O)OC(C)(C)C. The van der Waals surface area contributed by atoms with E-state index in [0.29, 0.717) is 0 Å². The minimum absolute atomic E-state index is 0.178. The Bertz CT molecular complexity index is 520. The number of hydrogen-bond acceptors (Lipinski definition) is 4. The third-order valence-corrected chi connectivity index (χ3v) is 2.65. The molecule has 1 N–H and O–H groups in total. The molecule has 0 aliphatic heterocycles. The van der Waals surface area contributed by atoms with E-state index in [-0.39, 0.29) is 18.2 Å². The second-order valence-electron chi connectivity index (χ2n) is 5.88. The number of nitrogens with zero attached hydrogens (tertiary/aromatic N) is 3. The van der Waals surface area contributed by atoms with E-state index < -0.39 is 30.3 Å². The number of alkyl halides is 3. The Morgan fingerprint density at radius 3 is 2.36 bits per heavy atom. The standard InChI is InChI=1S/C13H21F3N4O2/c1-6-20-9(7-13(14,15)16)18-19-10(20)8(2)17-11(21)22-12(3,4)5/h8H,6-7H2,1-5H3,(H,17,21)/t8-/m1/s1. The van der Waals surface area contributed by atoms with Crippen LogP contribution in [0.15, 0.2) is 0 Å². The molecule has 1 atom stereocenters. The fourth-order valence-corrected chi connectivity index (χ4v) is 1.87. The second kappa shape index (κ2) is 6.53. The van der Waals surface area contributed by atoms with Gasteiger partial charge >= 0.3 is 12.3 Å². The zero-order chi connectivity index (χ0) is 17.1. The summed E-state index contributed by atoms with van der Waals surface area (Å²) >= 11 is 0. The van der Waals surface area contributed by atoms with Crippen molar-refractivity contribution in [3.63, 3.8) is 0 Å². The molecule has 0 aliphatic carbocycles. The van der Waals surface area contributed by atoms with E-state index in [2.05, 4.69) is 15.5 Å². The predicted octanol–water partition coefficient (Wildman–Crippen LogP) is 2.99. The molecule has 0 unspecified atom stereocenters. The summed E-state index contributed by atoms with van der Waals surface area (Å²) in [6.07, 6.45) is -6.19. The lowest BCUT2D eigenvalue weighted by atomic mass is 10.2. The van der Waals surface area contributed by atoms with Crippen LogP contribution in [0.2, 0.25) is 0 Å². The van der Waals surface area contributed by atoms with Gasteiger partial charge in [0, 0.05) is 6.54 Å². The van der Waals surface area contributed by atoms with Crippen molar-refractivity contribution in [2.45, 2.75) is 65.4 Å². The summed E-state index contributed by atoms with van der Waals surface area (Å²) in [5, 5.41) is 9.88. The molecular formula is C13H21F3N4O2. The summed E-state index contributed by atoms with van der Waals surface area (Å²) in [4.78, 5) is 11.7. The number of ether oxygens (including phenoxy) is 1. The maximum absolute atomic E-state index is 12.5. The van der Waals surface area contributed by atoms with Crippen molar-refractivity contribution < 1.29 is 22.7 Å². The smallest absolute Gasteiger partial charge is 0.408 e. The Kier molecular flexibility index (Phi) is 5.42. The van der Waals surface area contributed by atoms with Crippen molar-refractivity contribution in [1.82, 2.24) is 20.1 Å². The molecule has 0 spiro atoms. The molecule has 1 aromatic heterocycles. The van der Waals surface area contributed by atoms with E-state index in [0.717, 1.165) is 0 Å². The van der Waals surface area contributed by atoms with Gasteiger partial charge < -0.3 is 14.6 Å². The predicted molar refractivity (Wildman–Crippen MR) is 73.2 cm³/mol. The first-order valence-corrected chi connectivity index (χ1v) is 6.91. The van der Waals surface area contributed by atoms with Crippen molar-refractivity contribution in [1.29, 1.82) is 0 Å². The van der Waals surface area contributed by atoms with Crippen molar-refractivity contribution >= 4 is 6.09 Å². The van der Waals surface area contributed by atoms with Crippen LogP contribution in [0.25, 0.3) is 0 Å². The summed E-state index contributed by atoms with van der Waals surface area (Å²) in [6.45, 7) is 8.71. The van der Waals surface area contributed by atoms with Crippen LogP contribution >= 0.6 is 0 Å². The number of alkyl carbamates (subject to hydrolysis) is 1. The van der Waals surface area contributed by atoms with E-state index in [1.54, 1.807) is 34.6 Å². The minimum atomic E-state index is -4.36. The van der Waals surface area contributed by atoms with Crippen molar-refractivity contribution in [3.05, 3.63) is 11.6 Å². The molecule has 0 aliphatic rings. The van der Waals surface area contributed by atoms with Crippen molar-refractivity contribution in [3.8, 4) is 0 Å². The average Bonchev–Trinajstić information content (AvgIpc) is 2.66. The summed E-state index contributed by atoms with van der Waals surface area (Å²) in [6, 6.07) is -0.621. The van der Waals surface area contributed by atoms with Gasteiger partial charge in [0.1, 0.15) is 17.8 Å². The van der Waals surface area contributed by atoms with Gasteiger partial charge in [-0.3, -0.25) is 0 Å². The molecule has 6 nitrogen and oxygen atoms in total. The van der Waals surface area contributed by atoms with Crippen LogP contribution < -0.4 is 5.32 Å². The molecule has 0 bridgehead atoms. The molecule has 0 saturated heterocycles. The zero-order valence-corrected chi connectivity index (χ0v) is 13.3.